The van der Waals surface area contributed by atoms with E-state index in [-0.39, 0.29) is 43.2 Å². The number of carbonyl (C=O) groups is 4. The molecule has 0 saturated carbocycles. The Balaban J connectivity index is 0.00000182. The minimum absolute atomic E-state index is 0. The van der Waals surface area contributed by atoms with E-state index in [1.165, 1.54) is 0 Å². The van der Waals surface area contributed by atoms with Crippen molar-refractivity contribution in [3.63, 3.8) is 0 Å². The van der Waals surface area contributed by atoms with Gasteiger partial charge in [-0.2, -0.15) is 0 Å². The molecule has 1 fully saturated rings. The fourth-order valence-corrected chi connectivity index (χ4v) is 3.72. The lowest BCUT2D eigenvalue weighted by molar-refractivity contribution is -0.144. The van der Waals surface area contributed by atoms with Gasteiger partial charge in [0.25, 0.3) is 0 Å². The molecule has 1 aromatic rings. The lowest BCUT2D eigenvalue weighted by Crippen LogP contribution is -2.52. The molecule has 130 valence electrons. The summed E-state index contributed by atoms with van der Waals surface area (Å²) in [5, 5.41) is 0. The van der Waals surface area contributed by atoms with Gasteiger partial charge in [-0.1, -0.05) is 31.7 Å². The highest BCUT2D eigenvalue weighted by Gasteiger charge is 2.56. The SMILES string of the molecule is C.CC1(C)OC2=C(C(=O)C(=O)c3ccccc32)C1N1C(=O)CCC1=O. The number of benzene rings is 1. The van der Waals surface area contributed by atoms with Crippen LogP contribution in [0.15, 0.2) is 29.8 Å². The molecule has 1 aromatic carbocycles. The summed E-state index contributed by atoms with van der Waals surface area (Å²) in [6, 6.07) is 5.85. The lowest BCUT2D eigenvalue weighted by atomic mass is 9.82. The molecule has 0 N–H and O–H groups in total. The van der Waals surface area contributed by atoms with Crippen molar-refractivity contribution in [1.82, 2.24) is 4.90 Å². The number of ether oxygens (including phenoxy) is 1. The maximum Gasteiger partial charge on any atom is 0.235 e. The van der Waals surface area contributed by atoms with Crippen LogP contribution in [0.2, 0.25) is 0 Å². The summed E-state index contributed by atoms with van der Waals surface area (Å²) in [6.45, 7) is 3.43. The second-order valence-electron chi connectivity index (χ2n) is 6.71. The zero-order valence-corrected chi connectivity index (χ0v) is 13.3. The molecule has 1 atom stereocenters. The van der Waals surface area contributed by atoms with E-state index in [9.17, 15) is 19.2 Å². The number of carbonyl (C=O) groups excluding carboxylic acids is 4. The number of hydrogen-bond donors (Lipinski definition) is 0. The Bertz CT molecular complexity index is 848. The Morgan fingerprint density at radius 2 is 1.52 bits per heavy atom. The number of nitrogens with zero attached hydrogens (tertiary/aromatic N) is 1. The molecule has 6 heteroatoms. The van der Waals surface area contributed by atoms with Gasteiger partial charge in [0.15, 0.2) is 0 Å². The quantitative estimate of drug-likeness (QED) is 0.577. The Kier molecular flexibility index (Phi) is 3.67. The zero-order valence-electron chi connectivity index (χ0n) is 13.3. The van der Waals surface area contributed by atoms with E-state index >= 15 is 0 Å². The highest BCUT2D eigenvalue weighted by atomic mass is 16.5. The lowest BCUT2D eigenvalue weighted by Gasteiger charge is -2.33. The molecule has 0 bridgehead atoms. The highest BCUT2D eigenvalue weighted by molar-refractivity contribution is 6.52. The van der Waals surface area contributed by atoms with Gasteiger partial charge in [-0.15, -0.1) is 0 Å². The fraction of sp³-hybridized carbons (Fsp3) is 0.368. The number of rotatable bonds is 1. The van der Waals surface area contributed by atoms with Crippen molar-refractivity contribution >= 4 is 29.1 Å². The smallest absolute Gasteiger partial charge is 0.235 e. The van der Waals surface area contributed by atoms with Crippen LogP contribution in [0.25, 0.3) is 5.76 Å². The molecular weight excluding hydrogens is 322 g/mol. The molecule has 25 heavy (non-hydrogen) atoms. The van der Waals surface area contributed by atoms with E-state index in [0.29, 0.717) is 11.3 Å². The number of imide groups is 1. The van der Waals surface area contributed by atoms with Gasteiger partial charge in [0.05, 0.1) is 5.57 Å². The van der Waals surface area contributed by atoms with Crippen LogP contribution >= 0.6 is 0 Å². The number of ketones is 2. The van der Waals surface area contributed by atoms with Crippen LogP contribution in [-0.4, -0.2) is 39.9 Å². The van der Waals surface area contributed by atoms with Crippen LogP contribution in [-0.2, 0) is 19.1 Å². The molecule has 6 nitrogen and oxygen atoms in total. The number of fused-ring (bicyclic) bond motifs is 2. The Labute approximate surface area is 145 Å². The van der Waals surface area contributed by atoms with Gasteiger partial charge in [-0.3, -0.25) is 24.1 Å². The average Bonchev–Trinajstić information content (AvgIpc) is 3.01. The first-order valence-electron chi connectivity index (χ1n) is 7.79. The highest BCUT2D eigenvalue weighted by Crippen LogP contribution is 2.46. The molecule has 2 heterocycles. The van der Waals surface area contributed by atoms with Crippen LogP contribution in [0, 0.1) is 0 Å². The van der Waals surface area contributed by atoms with Gasteiger partial charge in [0.2, 0.25) is 23.4 Å². The van der Waals surface area contributed by atoms with Gasteiger partial charge in [-0.05, 0) is 13.8 Å². The summed E-state index contributed by atoms with van der Waals surface area (Å²) in [6.07, 6.45) is 0.236. The number of amides is 2. The zero-order chi connectivity index (χ0) is 17.2. The van der Waals surface area contributed by atoms with E-state index in [0.717, 1.165) is 4.90 Å². The molecule has 1 aliphatic carbocycles. The molecule has 2 aliphatic heterocycles. The summed E-state index contributed by atoms with van der Waals surface area (Å²) >= 11 is 0. The van der Waals surface area contributed by atoms with Crippen molar-refractivity contribution in [3.8, 4) is 0 Å². The standard InChI is InChI=1S/C18H15NO5.CH4/c1-18(2)17(19-11(20)7-8-12(19)21)13-15(23)14(22)9-5-3-4-6-10(9)16(13)24-18;/h3-6,17H,7-8H2,1-2H3;1H4. The van der Waals surface area contributed by atoms with Crippen molar-refractivity contribution in [2.45, 2.75) is 45.8 Å². The molecular formula is C19H19NO5. The molecule has 0 spiro atoms. The van der Waals surface area contributed by atoms with Gasteiger partial charge in [-0.25, -0.2) is 0 Å². The maximum atomic E-state index is 12.7. The maximum absolute atomic E-state index is 12.7. The van der Waals surface area contributed by atoms with E-state index in [1.54, 1.807) is 38.1 Å². The molecule has 1 saturated heterocycles. The summed E-state index contributed by atoms with van der Waals surface area (Å²) in [7, 11) is 0. The van der Waals surface area contributed by atoms with Crippen molar-refractivity contribution in [2.75, 3.05) is 0 Å². The third-order valence-corrected chi connectivity index (χ3v) is 4.76. The molecule has 1 unspecified atom stereocenters. The largest absolute Gasteiger partial charge is 0.484 e. The van der Waals surface area contributed by atoms with Crippen LogP contribution < -0.4 is 0 Å². The third kappa shape index (κ3) is 2.17. The van der Waals surface area contributed by atoms with Crippen molar-refractivity contribution < 1.29 is 23.9 Å². The molecule has 3 aliphatic rings. The average molecular weight is 341 g/mol. The van der Waals surface area contributed by atoms with E-state index < -0.39 is 23.2 Å². The predicted molar refractivity (Wildman–Crippen MR) is 89.5 cm³/mol. The molecule has 0 radical (unpaired) electrons. The number of likely N-dealkylation sites (tertiary alicyclic amines) is 1. The van der Waals surface area contributed by atoms with Crippen LogP contribution in [0.4, 0.5) is 0 Å². The topological polar surface area (TPSA) is 80.8 Å². The van der Waals surface area contributed by atoms with Gasteiger partial charge in [0.1, 0.15) is 17.4 Å². The minimum atomic E-state index is -0.978. The monoisotopic (exact) mass is 341 g/mol. The molecule has 2 amide bonds. The van der Waals surface area contributed by atoms with Gasteiger partial charge >= 0.3 is 0 Å². The van der Waals surface area contributed by atoms with Crippen LogP contribution in [0.3, 0.4) is 0 Å². The van der Waals surface area contributed by atoms with Crippen LogP contribution in [0.5, 0.6) is 0 Å². The summed E-state index contributed by atoms with van der Waals surface area (Å²) in [4.78, 5) is 50.7. The van der Waals surface area contributed by atoms with Crippen LogP contribution in [0.1, 0.15) is 50.0 Å². The van der Waals surface area contributed by atoms with E-state index in [4.69, 9.17) is 4.74 Å². The second-order valence-corrected chi connectivity index (χ2v) is 6.71. The first-order chi connectivity index (χ1) is 11.3. The predicted octanol–water partition coefficient (Wildman–Crippen LogP) is 2.13. The van der Waals surface area contributed by atoms with E-state index in [2.05, 4.69) is 0 Å². The van der Waals surface area contributed by atoms with Crippen molar-refractivity contribution in [2.24, 2.45) is 0 Å². The first-order valence-corrected chi connectivity index (χ1v) is 7.79. The Hall–Kier alpha value is -2.76. The minimum Gasteiger partial charge on any atom is -0.484 e. The third-order valence-electron chi connectivity index (χ3n) is 4.76. The molecule has 4 rings (SSSR count). The Morgan fingerprint density at radius 3 is 2.12 bits per heavy atom. The van der Waals surface area contributed by atoms with Crippen molar-refractivity contribution in [1.29, 1.82) is 0 Å². The first kappa shape index (κ1) is 17.1. The fourth-order valence-electron chi connectivity index (χ4n) is 3.72. The summed E-state index contributed by atoms with van der Waals surface area (Å²) < 4.78 is 5.98. The van der Waals surface area contributed by atoms with Crippen molar-refractivity contribution in [3.05, 3.63) is 41.0 Å². The van der Waals surface area contributed by atoms with Gasteiger partial charge < -0.3 is 4.74 Å². The summed E-state index contributed by atoms with van der Waals surface area (Å²) in [5.74, 6) is -1.71. The van der Waals surface area contributed by atoms with Gasteiger partial charge in [0, 0.05) is 24.0 Å². The summed E-state index contributed by atoms with van der Waals surface area (Å²) in [5.41, 5.74) is -0.0379. The second kappa shape index (κ2) is 5.37. The Morgan fingerprint density at radius 1 is 0.960 bits per heavy atom. The normalized spacial score (nSPS) is 24.1. The number of Topliss-reactive ketones (excluding diaryl/α,β-unsaturated/α-hetero) is 2. The molecule has 0 aromatic heterocycles. The number of hydrogen-bond acceptors (Lipinski definition) is 5. The van der Waals surface area contributed by atoms with E-state index in [1.807, 2.05) is 0 Å².